The van der Waals surface area contributed by atoms with E-state index in [0.29, 0.717) is 5.95 Å². The Labute approximate surface area is 124 Å². The summed E-state index contributed by atoms with van der Waals surface area (Å²) in [6.07, 6.45) is 4.02. The molecule has 1 aliphatic heterocycles. The average molecular weight is 289 g/mol. The fourth-order valence-electron chi connectivity index (χ4n) is 2.63. The molecule has 0 radical (unpaired) electrons. The van der Waals surface area contributed by atoms with E-state index in [1.165, 1.54) is 0 Å². The molecule has 2 N–H and O–H groups in total. The van der Waals surface area contributed by atoms with Crippen LogP contribution in [0.1, 0.15) is 19.8 Å². The fourth-order valence-corrected chi connectivity index (χ4v) is 2.63. The maximum Gasteiger partial charge on any atom is 0.226 e. The zero-order chi connectivity index (χ0) is 14.7. The molecule has 0 saturated carbocycles. The highest BCUT2D eigenvalue weighted by Crippen LogP contribution is 2.24. The summed E-state index contributed by atoms with van der Waals surface area (Å²) >= 11 is 0. The van der Waals surface area contributed by atoms with Gasteiger partial charge >= 0.3 is 0 Å². The first-order valence-electron chi connectivity index (χ1n) is 7.66. The largest absolute Gasteiger partial charge is 0.355 e. The lowest BCUT2D eigenvalue weighted by atomic mass is 10.3. The molecule has 3 rings (SSSR count). The van der Waals surface area contributed by atoms with Gasteiger partial charge in [-0.15, -0.1) is 0 Å². The van der Waals surface area contributed by atoms with Gasteiger partial charge in [-0.3, -0.25) is 5.10 Å². The normalized spacial score (nSPS) is 17.1. The van der Waals surface area contributed by atoms with Crippen molar-refractivity contribution in [2.45, 2.75) is 19.8 Å². The first-order valence-corrected chi connectivity index (χ1v) is 7.66. The third-order valence-electron chi connectivity index (χ3n) is 3.84. The molecule has 7 nitrogen and oxygen atoms in total. The smallest absolute Gasteiger partial charge is 0.226 e. The van der Waals surface area contributed by atoms with Crippen LogP contribution in [-0.2, 0) is 0 Å². The summed E-state index contributed by atoms with van der Waals surface area (Å²) in [4.78, 5) is 13.9. The van der Waals surface area contributed by atoms with E-state index in [9.17, 15) is 0 Å². The van der Waals surface area contributed by atoms with E-state index in [1.54, 1.807) is 0 Å². The van der Waals surface area contributed by atoms with E-state index < -0.39 is 0 Å². The Morgan fingerprint density at radius 2 is 2.14 bits per heavy atom. The molecule has 2 aromatic heterocycles. The molecule has 0 unspecified atom stereocenters. The summed E-state index contributed by atoms with van der Waals surface area (Å²) in [5.74, 6) is 1.67. The summed E-state index contributed by atoms with van der Waals surface area (Å²) in [5.41, 5.74) is 0.802. The topological polar surface area (TPSA) is 73.0 Å². The zero-order valence-corrected chi connectivity index (χ0v) is 12.8. The van der Waals surface area contributed by atoms with Crippen molar-refractivity contribution in [3.05, 3.63) is 6.20 Å². The van der Waals surface area contributed by atoms with Gasteiger partial charge in [-0.2, -0.15) is 15.1 Å². The zero-order valence-electron chi connectivity index (χ0n) is 12.8. The Hall–Kier alpha value is -1.89. The minimum absolute atomic E-state index is 0.682. The molecule has 0 aromatic carbocycles. The Kier molecular flexibility index (Phi) is 4.19. The predicted molar refractivity (Wildman–Crippen MR) is 84.8 cm³/mol. The molecular weight excluding hydrogens is 266 g/mol. The predicted octanol–water partition coefficient (Wildman–Crippen LogP) is 1.32. The molecule has 0 aliphatic carbocycles. The van der Waals surface area contributed by atoms with Crippen molar-refractivity contribution in [1.29, 1.82) is 0 Å². The highest BCUT2D eigenvalue weighted by molar-refractivity contribution is 5.87. The minimum Gasteiger partial charge on any atom is -0.355 e. The van der Waals surface area contributed by atoms with Crippen molar-refractivity contribution in [1.82, 2.24) is 25.1 Å². The molecule has 3 heterocycles. The number of hydrogen-bond acceptors (Lipinski definition) is 6. The summed E-state index contributed by atoms with van der Waals surface area (Å²) in [7, 11) is 2.17. The molecule has 1 fully saturated rings. The van der Waals surface area contributed by atoms with Gasteiger partial charge in [-0.1, -0.05) is 6.92 Å². The van der Waals surface area contributed by atoms with Crippen LogP contribution in [0.15, 0.2) is 6.20 Å². The van der Waals surface area contributed by atoms with Crippen LogP contribution in [0.25, 0.3) is 11.0 Å². The van der Waals surface area contributed by atoms with Crippen molar-refractivity contribution in [3.8, 4) is 0 Å². The molecule has 1 saturated heterocycles. The number of aromatic amines is 1. The molecule has 0 spiro atoms. The van der Waals surface area contributed by atoms with Gasteiger partial charge in [-0.25, -0.2) is 0 Å². The lowest BCUT2D eigenvalue weighted by molar-refractivity contribution is 0.360. The van der Waals surface area contributed by atoms with E-state index in [1.807, 2.05) is 6.20 Å². The maximum absolute atomic E-state index is 4.73. The second kappa shape index (κ2) is 6.26. The van der Waals surface area contributed by atoms with Crippen LogP contribution < -0.4 is 10.2 Å². The summed E-state index contributed by atoms with van der Waals surface area (Å²) in [6.45, 7) is 7.21. The second-order valence-electron chi connectivity index (χ2n) is 5.57. The molecule has 1 aliphatic rings. The Morgan fingerprint density at radius 3 is 3.00 bits per heavy atom. The second-order valence-corrected chi connectivity index (χ2v) is 5.57. The van der Waals surface area contributed by atoms with Gasteiger partial charge in [0.15, 0.2) is 5.65 Å². The van der Waals surface area contributed by atoms with Crippen molar-refractivity contribution >= 4 is 22.8 Å². The van der Waals surface area contributed by atoms with E-state index in [0.717, 1.165) is 62.4 Å². The van der Waals surface area contributed by atoms with E-state index in [4.69, 9.17) is 4.98 Å². The number of anilines is 2. The van der Waals surface area contributed by atoms with Gasteiger partial charge in [0.1, 0.15) is 5.82 Å². The number of likely N-dealkylation sites (N-methyl/N-ethyl adjacent to an activating group) is 1. The van der Waals surface area contributed by atoms with Crippen LogP contribution in [-0.4, -0.2) is 64.8 Å². The molecule has 0 amide bonds. The summed E-state index contributed by atoms with van der Waals surface area (Å²) in [6, 6.07) is 0. The molecule has 0 bridgehead atoms. The van der Waals surface area contributed by atoms with Crippen LogP contribution in [0.4, 0.5) is 11.8 Å². The van der Waals surface area contributed by atoms with E-state index in [2.05, 4.69) is 44.3 Å². The van der Waals surface area contributed by atoms with Crippen LogP contribution >= 0.6 is 0 Å². The minimum atomic E-state index is 0.682. The lowest BCUT2D eigenvalue weighted by Gasteiger charge is -2.22. The Bertz CT molecular complexity index is 594. The number of aromatic nitrogens is 4. The Morgan fingerprint density at radius 1 is 1.24 bits per heavy atom. The highest BCUT2D eigenvalue weighted by atomic mass is 15.3. The third-order valence-corrected chi connectivity index (χ3v) is 3.84. The van der Waals surface area contributed by atoms with Gasteiger partial charge in [0.2, 0.25) is 5.95 Å². The maximum atomic E-state index is 4.73. The van der Waals surface area contributed by atoms with Crippen LogP contribution in [0.2, 0.25) is 0 Å². The third kappa shape index (κ3) is 3.07. The van der Waals surface area contributed by atoms with Gasteiger partial charge in [0.25, 0.3) is 0 Å². The number of nitrogens with zero attached hydrogens (tertiary/aromatic N) is 5. The monoisotopic (exact) mass is 289 g/mol. The van der Waals surface area contributed by atoms with Crippen molar-refractivity contribution in [2.24, 2.45) is 0 Å². The lowest BCUT2D eigenvalue weighted by Crippen LogP contribution is -2.29. The molecule has 21 heavy (non-hydrogen) atoms. The first-order chi connectivity index (χ1) is 10.3. The Balaban J connectivity index is 1.93. The number of hydrogen-bond donors (Lipinski definition) is 2. The number of H-pyrrole nitrogens is 1. The van der Waals surface area contributed by atoms with Gasteiger partial charge in [0, 0.05) is 26.2 Å². The molecule has 2 aromatic rings. The van der Waals surface area contributed by atoms with E-state index >= 15 is 0 Å². The molecular formula is C14H23N7. The number of fused-ring (bicyclic) bond motifs is 1. The van der Waals surface area contributed by atoms with Gasteiger partial charge in [0.05, 0.1) is 11.6 Å². The van der Waals surface area contributed by atoms with Crippen LogP contribution in [0.3, 0.4) is 0 Å². The SMILES string of the molecule is CCCNc1nc(N2CCCN(C)CC2)c2cn[nH]c2n1. The van der Waals surface area contributed by atoms with Crippen molar-refractivity contribution < 1.29 is 0 Å². The average Bonchev–Trinajstić information content (AvgIpc) is 2.86. The summed E-state index contributed by atoms with van der Waals surface area (Å²) < 4.78 is 0. The van der Waals surface area contributed by atoms with Crippen LogP contribution in [0, 0.1) is 0 Å². The quantitative estimate of drug-likeness (QED) is 0.884. The van der Waals surface area contributed by atoms with Gasteiger partial charge in [-0.05, 0) is 26.4 Å². The number of nitrogens with one attached hydrogen (secondary N) is 2. The molecule has 0 atom stereocenters. The van der Waals surface area contributed by atoms with Crippen LogP contribution in [0.5, 0.6) is 0 Å². The number of rotatable bonds is 4. The van der Waals surface area contributed by atoms with Gasteiger partial charge < -0.3 is 15.1 Å². The first kappa shape index (κ1) is 14.1. The highest BCUT2D eigenvalue weighted by Gasteiger charge is 2.18. The van der Waals surface area contributed by atoms with Crippen molar-refractivity contribution in [2.75, 3.05) is 50.0 Å². The fraction of sp³-hybridized carbons (Fsp3) is 0.643. The summed E-state index contributed by atoms with van der Waals surface area (Å²) in [5, 5.41) is 11.4. The molecule has 114 valence electrons. The van der Waals surface area contributed by atoms with E-state index in [-0.39, 0.29) is 0 Å². The standard InChI is InChI=1S/C14H23N7/c1-3-5-15-14-17-12-11(10-16-19-12)13(18-14)21-7-4-6-20(2)8-9-21/h10H,3-9H2,1-2H3,(H2,15,16,17,18,19). The van der Waals surface area contributed by atoms with Crippen molar-refractivity contribution in [3.63, 3.8) is 0 Å². The molecule has 7 heteroatoms.